The van der Waals surface area contributed by atoms with E-state index in [2.05, 4.69) is 16.3 Å². The SMILES string of the molecule is CN(C)CCN(C)C(=O)c1ccc2c(c1)CNC2. The third-order valence-electron chi connectivity index (χ3n) is 3.31. The van der Waals surface area contributed by atoms with Crippen molar-refractivity contribution in [3.63, 3.8) is 0 Å². The summed E-state index contributed by atoms with van der Waals surface area (Å²) in [4.78, 5) is 16.1. The second-order valence-electron chi connectivity index (χ2n) is 5.12. The molecule has 18 heavy (non-hydrogen) atoms. The number of fused-ring (bicyclic) bond motifs is 1. The van der Waals surface area contributed by atoms with Gasteiger partial charge in [-0.3, -0.25) is 4.79 Å². The molecule has 4 heteroatoms. The molecule has 1 N–H and O–H groups in total. The third-order valence-corrected chi connectivity index (χ3v) is 3.31. The molecule has 4 nitrogen and oxygen atoms in total. The number of nitrogens with one attached hydrogen (secondary N) is 1. The van der Waals surface area contributed by atoms with Crippen LogP contribution in [0.25, 0.3) is 0 Å². The molecule has 0 spiro atoms. The highest BCUT2D eigenvalue weighted by atomic mass is 16.2. The Morgan fingerprint density at radius 2 is 1.89 bits per heavy atom. The van der Waals surface area contributed by atoms with E-state index >= 15 is 0 Å². The van der Waals surface area contributed by atoms with Crippen LogP contribution in [0.3, 0.4) is 0 Å². The van der Waals surface area contributed by atoms with Crippen molar-refractivity contribution in [3.05, 3.63) is 34.9 Å². The van der Waals surface area contributed by atoms with E-state index in [0.717, 1.165) is 31.7 Å². The fourth-order valence-corrected chi connectivity index (χ4v) is 2.10. The zero-order valence-electron chi connectivity index (χ0n) is 11.4. The van der Waals surface area contributed by atoms with Gasteiger partial charge in [0.05, 0.1) is 0 Å². The first-order valence-corrected chi connectivity index (χ1v) is 6.30. The fourth-order valence-electron chi connectivity index (χ4n) is 2.10. The van der Waals surface area contributed by atoms with Gasteiger partial charge in [0.2, 0.25) is 0 Å². The largest absolute Gasteiger partial charge is 0.340 e. The van der Waals surface area contributed by atoms with Crippen LogP contribution in [0.15, 0.2) is 18.2 Å². The average molecular weight is 247 g/mol. The van der Waals surface area contributed by atoms with Crippen LogP contribution in [-0.2, 0) is 13.1 Å². The molecule has 0 atom stereocenters. The number of carbonyl (C=O) groups is 1. The van der Waals surface area contributed by atoms with Crippen molar-refractivity contribution in [1.29, 1.82) is 0 Å². The monoisotopic (exact) mass is 247 g/mol. The van der Waals surface area contributed by atoms with Crippen molar-refractivity contribution in [3.8, 4) is 0 Å². The molecule has 98 valence electrons. The quantitative estimate of drug-likeness (QED) is 0.859. The molecule has 2 rings (SSSR count). The van der Waals surface area contributed by atoms with Crippen LogP contribution in [0.5, 0.6) is 0 Å². The number of hydrogen-bond donors (Lipinski definition) is 1. The summed E-state index contributed by atoms with van der Waals surface area (Å²) in [6, 6.07) is 6.01. The summed E-state index contributed by atoms with van der Waals surface area (Å²) in [7, 11) is 5.88. The molecule has 0 bridgehead atoms. The fraction of sp³-hybridized carbons (Fsp3) is 0.500. The molecule has 1 aliphatic heterocycles. The van der Waals surface area contributed by atoms with Crippen LogP contribution < -0.4 is 5.32 Å². The molecule has 1 heterocycles. The highest BCUT2D eigenvalue weighted by Gasteiger charge is 2.16. The molecule has 1 aromatic carbocycles. The van der Waals surface area contributed by atoms with Crippen LogP contribution in [0.1, 0.15) is 21.5 Å². The molecule has 0 unspecified atom stereocenters. The lowest BCUT2D eigenvalue weighted by atomic mass is 10.1. The van der Waals surface area contributed by atoms with Gasteiger partial charge in [-0.25, -0.2) is 0 Å². The maximum absolute atomic E-state index is 12.2. The van der Waals surface area contributed by atoms with Gasteiger partial charge in [-0.1, -0.05) is 6.07 Å². The molecule has 0 saturated heterocycles. The van der Waals surface area contributed by atoms with Crippen molar-refractivity contribution < 1.29 is 4.79 Å². The topological polar surface area (TPSA) is 35.6 Å². The highest BCUT2D eigenvalue weighted by Crippen LogP contribution is 2.17. The van der Waals surface area contributed by atoms with E-state index in [1.165, 1.54) is 11.1 Å². The van der Waals surface area contributed by atoms with Crippen LogP contribution in [0.4, 0.5) is 0 Å². The molecule has 0 aromatic heterocycles. The maximum Gasteiger partial charge on any atom is 0.253 e. The summed E-state index contributed by atoms with van der Waals surface area (Å²) >= 11 is 0. The van der Waals surface area contributed by atoms with Crippen molar-refractivity contribution >= 4 is 5.91 Å². The molecule has 1 aromatic rings. The van der Waals surface area contributed by atoms with Crippen LogP contribution in [0.2, 0.25) is 0 Å². The normalized spacial score (nSPS) is 13.8. The predicted octanol–water partition coefficient (Wildman–Crippen LogP) is 0.923. The predicted molar refractivity (Wildman–Crippen MR) is 72.5 cm³/mol. The molecule has 0 radical (unpaired) electrons. The zero-order chi connectivity index (χ0) is 13.1. The number of amides is 1. The van der Waals surface area contributed by atoms with Crippen molar-refractivity contribution in [1.82, 2.24) is 15.1 Å². The van der Waals surface area contributed by atoms with Gasteiger partial charge in [0.1, 0.15) is 0 Å². The van der Waals surface area contributed by atoms with Gasteiger partial charge in [0, 0.05) is 38.8 Å². The van der Waals surface area contributed by atoms with E-state index in [0.29, 0.717) is 0 Å². The molecule has 0 aliphatic carbocycles. The van der Waals surface area contributed by atoms with Gasteiger partial charge in [-0.2, -0.15) is 0 Å². The Bertz CT molecular complexity index is 443. The highest BCUT2D eigenvalue weighted by molar-refractivity contribution is 5.94. The van der Waals surface area contributed by atoms with Gasteiger partial charge < -0.3 is 15.1 Å². The second-order valence-corrected chi connectivity index (χ2v) is 5.12. The first-order valence-electron chi connectivity index (χ1n) is 6.30. The lowest BCUT2D eigenvalue weighted by Gasteiger charge is -2.20. The van der Waals surface area contributed by atoms with Gasteiger partial charge >= 0.3 is 0 Å². The van der Waals surface area contributed by atoms with E-state index in [1.807, 2.05) is 33.3 Å². The Kier molecular flexibility index (Phi) is 3.99. The number of carbonyl (C=O) groups excluding carboxylic acids is 1. The van der Waals surface area contributed by atoms with E-state index in [9.17, 15) is 4.79 Å². The lowest BCUT2D eigenvalue weighted by Crippen LogP contribution is -2.33. The minimum Gasteiger partial charge on any atom is -0.340 e. The summed E-state index contributed by atoms with van der Waals surface area (Å²) in [5.74, 6) is 0.103. The van der Waals surface area contributed by atoms with Crippen molar-refractivity contribution in [2.75, 3.05) is 34.2 Å². The Hall–Kier alpha value is -1.39. The standard InChI is InChI=1S/C14H21N3O/c1-16(2)6-7-17(3)14(18)11-4-5-12-9-15-10-13(12)8-11/h4-5,8,15H,6-7,9-10H2,1-3H3. The van der Waals surface area contributed by atoms with E-state index in [-0.39, 0.29) is 5.91 Å². The van der Waals surface area contributed by atoms with Crippen LogP contribution >= 0.6 is 0 Å². The Morgan fingerprint density at radius 3 is 2.61 bits per heavy atom. The summed E-state index contributed by atoms with van der Waals surface area (Å²) in [6.07, 6.45) is 0. The second kappa shape index (κ2) is 5.50. The number of likely N-dealkylation sites (N-methyl/N-ethyl adjacent to an activating group) is 2. The minimum absolute atomic E-state index is 0.103. The van der Waals surface area contributed by atoms with Gasteiger partial charge in [-0.05, 0) is 37.4 Å². The third kappa shape index (κ3) is 2.89. The number of nitrogens with zero attached hydrogens (tertiary/aromatic N) is 2. The zero-order valence-corrected chi connectivity index (χ0v) is 11.4. The first kappa shape index (κ1) is 13.1. The molecule has 0 saturated carbocycles. The Balaban J connectivity index is 2.04. The number of benzene rings is 1. The minimum atomic E-state index is 0.103. The van der Waals surface area contributed by atoms with E-state index in [4.69, 9.17) is 0 Å². The lowest BCUT2D eigenvalue weighted by molar-refractivity contribution is 0.0786. The molecule has 0 fully saturated rings. The van der Waals surface area contributed by atoms with Gasteiger partial charge in [0.15, 0.2) is 0 Å². The summed E-state index contributed by atoms with van der Waals surface area (Å²) in [5.41, 5.74) is 3.35. The Morgan fingerprint density at radius 1 is 1.17 bits per heavy atom. The average Bonchev–Trinajstić information content (AvgIpc) is 2.81. The molecule has 1 amide bonds. The van der Waals surface area contributed by atoms with Crippen LogP contribution in [0, 0.1) is 0 Å². The number of rotatable bonds is 4. The first-order chi connectivity index (χ1) is 8.58. The molecule has 1 aliphatic rings. The smallest absolute Gasteiger partial charge is 0.253 e. The van der Waals surface area contributed by atoms with E-state index in [1.54, 1.807) is 4.90 Å². The van der Waals surface area contributed by atoms with Crippen LogP contribution in [-0.4, -0.2) is 49.9 Å². The van der Waals surface area contributed by atoms with Gasteiger partial charge in [-0.15, -0.1) is 0 Å². The van der Waals surface area contributed by atoms with Crippen molar-refractivity contribution in [2.45, 2.75) is 13.1 Å². The summed E-state index contributed by atoms with van der Waals surface area (Å²) in [6.45, 7) is 3.42. The summed E-state index contributed by atoms with van der Waals surface area (Å²) < 4.78 is 0. The maximum atomic E-state index is 12.2. The number of hydrogen-bond acceptors (Lipinski definition) is 3. The molecular weight excluding hydrogens is 226 g/mol. The molecular formula is C14H21N3O. The van der Waals surface area contributed by atoms with Gasteiger partial charge in [0.25, 0.3) is 5.91 Å². The summed E-state index contributed by atoms with van der Waals surface area (Å²) in [5, 5.41) is 3.29. The van der Waals surface area contributed by atoms with Crippen molar-refractivity contribution in [2.24, 2.45) is 0 Å². The Labute approximate surface area is 109 Å². The van der Waals surface area contributed by atoms with E-state index < -0.39 is 0 Å².